The van der Waals surface area contributed by atoms with Crippen LogP contribution in [0.1, 0.15) is 6.92 Å². The summed E-state index contributed by atoms with van der Waals surface area (Å²) in [6, 6.07) is 0. The van der Waals surface area contributed by atoms with Gasteiger partial charge in [0.25, 0.3) is 0 Å². The summed E-state index contributed by atoms with van der Waals surface area (Å²) in [7, 11) is 4.32. The first kappa shape index (κ1) is 11.5. The fraction of sp³-hybridized carbons (Fsp3) is 1.00. The van der Waals surface area contributed by atoms with Gasteiger partial charge in [-0.3, -0.25) is 0 Å². The smallest absolute Gasteiger partial charge is 0.386 e. The topological polar surface area (TPSA) is 20.2 Å². The maximum atomic E-state index is 12.6. The Morgan fingerprint density at radius 3 is 1.55 bits per heavy atom. The SMILES string of the molecule is [B]C(O)(C(F)(F)F)C(C)(F)I. The molecule has 0 aromatic carbocycles. The number of alkyl halides is 5. The normalized spacial score (nSPS) is 23.9. The zero-order chi connectivity index (χ0) is 9.50. The summed E-state index contributed by atoms with van der Waals surface area (Å²) in [5.41, 5.74) is -3.80. The highest BCUT2D eigenvalue weighted by Crippen LogP contribution is 2.42. The molecule has 0 saturated carbocycles. The van der Waals surface area contributed by atoms with Gasteiger partial charge in [-0.25, -0.2) is 4.39 Å². The molecule has 0 aromatic heterocycles. The van der Waals surface area contributed by atoms with Crippen molar-refractivity contribution in [2.24, 2.45) is 0 Å². The van der Waals surface area contributed by atoms with E-state index in [9.17, 15) is 17.6 Å². The molecule has 0 heterocycles. The standard InChI is InChI=1S/C4H4BF4IO/c1-2(6,10)3(5,11)4(7,8)9/h11H,1H3. The van der Waals surface area contributed by atoms with Crippen LogP contribution in [0, 0.1) is 0 Å². The molecule has 0 bridgehead atoms. The lowest BCUT2D eigenvalue weighted by Gasteiger charge is -2.34. The van der Waals surface area contributed by atoms with Gasteiger partial charge >= 0.3 is 6.18 Å². The Labute approximate surface area is 75.7 Å². The summed E-state index contributed by atoms with van der Waals surface area (Å²) >= 11 is 0.783. The van der Waals surface area contributed by atoms with Crippen LogP contribution in [0.5, 0.6) is 0 Å². The van der Waals surface area contributed by atoms with E-state index in [1.807, 2.05) is 0 Å². The van der Waals surface area contributed by atoms with Crippen LogP contribution in [0.2, 0.25) is 0 Å². The molecule has 2 atom stereocenters. The van der Waals surface area contributed by atoms with E-state index >= 15 is 0 Å². The minimum Gasteiger partial charge on any atom is -0.386 e. The molecule has 11 heavy (non-hydrogen) atoms. The maximum Gasteiger partial charge on any atom is 0.412 e. The fourth-order valence-corrected chi connectivity index (χ4v) is 0.555. The minimum atomic E-state index is -5.17. The Bertz CT molecular complexity index is 133. The van der Waals surface area contributed by atoms with Gasteiger partial charge in [-0.05, 0) is 29.5 Å². The lowest BCUT2D eigenvalue weighted by molar-refractivity contribution is -0.243. The Morgan fingerprint density at radius 1 is 1.27 bits per heavy atom. The molecule has 1 nitrogen and oxygen atoms in total. The molecule has 1 N–H and O–H groups in total. The highest BCUT2D eigenvalue weighted by Gasteiger charge is 2.60. The first-order valence-electron chi connectivity index (χ1n) is 2.46. The van der Waals surface area contributed by atoms with Gasteiger partial charge in [-0.1, -0.05) is 0 Å². The molecular weight excluding hydrogens is 278 g/mol. The van der Waals surface area contributed by atoms with Gasteiger partial charge in [-0.2, -0.15) is 13.2 Å². The van der Waals surface area contributed by atoms with E-state index in [1.54, 1.807) is 0 Å². The molecule has 0 aliphatic heterocycles. The van der Waals surface area contributed by atoms with Crippen molar-refractivity contribution in [3.8, 4) is 0 Å². The van der Waals surface area contributed by atoms with Gasteiger partial charge < -0.3 is 5.11 Å². The molecule has 0 amide bonds. The molecule has 0 aliphatic rings. The third kappa shape index (κ3) is 2.20. The van der Waals surface area contributed by atoms with Gasteiger partial charge in [0.2, 0.25) is 0 Å². The monoisotopic (exact) mass is 282 g/mol. The van der Waals surface area contributed by atoms with E-state index in [0.29, 0.717) is 6.92 Å². The van der Waals surface area contributed by atoms with Crippen LogP contribution in [0.15, 0.2) is 0 Å². The zero-order valence-electron chi connectivity index (χ0n) is 5.41. The van der Waals surface area contributed by atoms with Gasteiger partial charge in [0.1, 0.15) is 7.85 Å². The molecule has 0 aromatic rings. The summed E-state index contributed by atoms with van der Waals surface area (Å²) in [5.74, 6) is 0. The van der Waals surface area contributed by atoms with Crippen molar-refractivity contribution in [2.45, 2.75) is 22.3 Å². The molecule has 7 heteroatoms. The van der Waals surface area contributed by atoms with Crippen molar-refractivity contribution in [3.05, 3.63) is 0 Å². The molecule has 2 unspecified atom stereocenters. The van der Waals surface area contributed by atoms with E-state index < -0.39 is 15.4 Å². The minimum absolute atomic E-state index is 0.543. The van der Waals surface area contributed by atoms with Crippen molar-refractivity contribution < 1.29 is 22.7 Å². The number of aliphatic hydroxyl groups is 1. The predicted octanol–water partition coefficient (Wildman–Crippen LogP) is 1.53. The number of hydrogen-bond acceptors (Lipinski definition) is 1. The maximum absolute atomic E-state index is 12.6. The molecule has 0 spiro atoms. The van der Waals surface area contributed by atoms with E-state index in [1.165, 1.54) is 0 Å². The Morgan fingerprint density at radius 2 is 1.55 bits per heavy atom. The molecule has 0 rings (SSSR count). The Balaban J connectivity index is 4.75. The Hall–Kier alpha value is 0.475. The molecule has 64 valence electrons. The number of halogens is 5. The summed E-state index contributed by atoms with van der Waals surface area (Å²) in [5, 5.41) is 8.46. The van der Waals surface area contributed by atoms with Crippen molar-refractivity contribution in [1.29, 1.82) is 0 Å². The molecule has 0 aliphatic carbocycles. The molecule has 2 radical (unpaired) electrons. The van der Waals surface area contributed by atoms with Crippen LogP contribution in [0.25, 0.3) is 0 Å². The van der Waals surface area contributed by atoms with E-state index in [4.69, 9.17) is 5.11 Å². The highest BCUT2D eigenvalue weighted by atomic mass is 127. The third-order valence-corrected chi connectivity index (χ3v) is 1.92. The average molecular weight is 282 g/mol. The molecule has 0 saturated heterocycles. The van der Waals surface area contributed by atoms with Crippen LogP contribution in [0.4, 0.5) is 17.6 Å². The predicted molar refractivity (Wildman–Crippen MR) is 40.3 cm³/mol. The van der Waals surface area contributed by atoms with Crippen LogP contribution in [-0.2, 0) is 0 Å². The van der Waals surface area contributed by atoms with Crippen molar-refractivity contribution >= 4 is 30.4 Å². The van der Waals surface area contributed by atoms with Gasteiger partial charge in [-0.15, -0.1) is 0 Å². The van der Waals surface area contributed by atoms with Crippen molar-refractivity contribution in [1.82, 2.24) is 0 Å². The van der Waals surface area contributed by atoms with Crippen molar-refractivity contribution in [3.63, 3.8) is 0 Å². The second-order valence-corrected chi connectivity index (χ2v) is 4.18. The highest BCUT2D eigenvalue weighted by molar-refractivity contribution is 14.1. The summed E-state index contributed by atoms with van der Waals surface area (Å²) < 4.78 is 44.7. The second-order valence-electron chi connectivity index (χ2n) is 2.15. The fourth-order valence-electron chi connectivity index (χ4n) is 0.249. The summed E-state index contributed by atoms with van der Waals surface area (Å²) in [6.07, 6.45) is -5.17. The van der Waals surface area contributed by atoms with Crippen LogP contribution in [-0.4, -0.2) is 28.3 Å². The molecule has 0 fully saturated rings. The van der Waals surface area contributed by atoms with Gasteiger partial charge in [0.05, 0.1) is 0 Å². The first-order valence-corrected chi connectivity index (χ1v) is 3.54. The lowest BCUT2D eigenvalue weighted by atomic mass is 9.77. The van der Waals surface area contributed by atoms with E-state index in [0.717, 1.165) is 22.6 Å². The first-order chi connectivity index (χ1) is 4.50. The van der Waals surface area contributed by atoms with Gasteiger partial charge in [0, 0.05) is 0 Å². The number of hydrogen-bond donors (Lipinski definition) is 1. The summed E-state index contributed by atoms with van der Waals surface area (Å²) in [6.45, 7) is 0.543. The van der Waals surface area contributed by atoms with Crippen LogP contribution >= 0.6 is 22.6 Å². The lowest BCUT2D eigenvalue weighted by Crippen LogP contribution is -2.57. The van der Waals surface area contributed by atoms with Crippen molar-refractivity contribution in [2.75, 3.05) is 0 Å². The molecular formula is C4H4BF4IO. The quantitative estimate of drug-likeness (QED) is 0.334. The van der Waals surface area contributed by atoms with E-state index in [2.05, 4.69) is 7.85 Å². The largest absolute Gasteiger partial charge is 0.412 e. The third-order valence-electron chi connectivity index (χ3n) is 1.10. The van der Waals surface area contributed by atoms with E-state index in [-0.39, 0.29) is 0 Å². The zero-order valence-corrected chi connectivity index (χ0v) is 7.57. The van der Waals surface area contributed by atoms with Gasteiger partial charge in [0.15, 0.2) is 9.18 Å². The summed E-state index contributed by atoms with van der Waals surface area (Å²) in [4.78, 5) is 0. The Kier molecular flexibility index (Phi) is 2.87. The average Bonchev–Trinajstić information content (AvgIpc) is 1.58. The second kappa shape index (κ2) is 2.76. The number of rotatable bonds is 1. The van der Waals surface area contributed by atoms with Crippen LogP contribution < -0.4 is 0 Å². The van der Waals surface area contributed by atoms with Crippen LogP contribution in [0.3, 0.4) is 0 Å².